The molecule has 0 radical (unpaired) electrons. The van der Waals surface area contributed by atoms with Crippen LogP contribution in [0.3, 0.4) is 0 Å². The van der Waals surface area contributed by atoms with Gasteiger partial charge in [-0.1, -0.05) is 24.4 Å². The molecule has 17 heavy (non-hydrogen) atoms. The van der Waals surface area contributed by atoms with Gasteiger partial charge in [0.15, 0.2) is 5.41 Å². The lowest BCUT2D eigenvalue weighted by atomic mass is 9.93. The number of likely N-dealkylation sites (N-methyl/N-ethyl adjacent to an activating group) is 1. The molecule has 5 heteroatoms. The average molecular weight is 261 g/mol. The lowest BCUT2D eigenvalue weighted by molar-refractivity contribution is 0.799. The van der Waals surface area contributed by atoms with Crippen molar-refractivity contribution in [3.05, 3.63) is 29.3 Å². The van der Waals surface area contributed by atoms with Crippen LogP contribution in [0.2, 0.25) is 0 Å². The summed E-state index contributed by atoms with van der Waals surface area (Å²) in [5.41, 5.74) is 0.0567. The topological polar surface area (TPSA) is 48.7 Å². The van der Waals surface area contributed by atoms with Crippen LogP contribution >= 0.6 is 23.6 Å². The van der Waals surface area contributed by atoms with Gasteiger partial charge in [0.1, 0.15) is 10.00 Å². The molecule has 0 spiro atoms. The molecule has 0 bridgehead atoms. The second kappa shape index (κ2) is 4.40. The minimum absolute atomic E-state index is 0.499. The molecule has 1 unspecified atom stereocenters. The highest BCUT2D eigenvalue weighted by Crippen LogP contribution is 2.31. The SMILES string of the molecule is CNC(=S)C(C)(C#N)c1nc2ccccc2s1. The molecule has 0 saturated heterocycles. The Kier molecular flexibility index (Phi) is 3.09. The van der Waals surface area contributed by atoms with Crippen molar-refractivity contribution in [2.24, 2.45) is 0 Å². The van der Waals surface area contributed by atoms with Gasteiger partial charge in [0.05, 0.1) is 16.3 Å². The second-order valence-electron chi connectivity index (χ2n) is 3.80. The zero-order valence-corrected chi connectivity index (χ0v) is 11.2. The van der Waals surface area contributed by atoms with E-state index >= 15 is 0 Å². The lowest BCUT2D eigenvalue weighted by Crippen LogP contribution is -2.37. The van der Waals surface area contributed by atoms with Crippen molar-refractivity contribution in [2.75, 3.05) is 7.05 Å². The summed E-state index contributed by atoms with van der Waals surface area (Å²) in [6.07, 6.45) is 0. The number of thiazole rings is 1. The maximum Gasteiger partial charge on any atom is 0.156 e. The summed E-state index contributed by atoms with van der Waals surface area (Å²) in [4.78, 5) is 4.99. The summed E-state index contributed by atoms with van der Waals surface area (Å²) in [5.74, 6) is 0. The molecular weight excluding hydrogens is 250 g/mol. The third-order valence-electron chi connectivity index (χ3n) is 2.63. The van der Waals surface area contributed by atoms with Gasteiger partial charge in [-0.25, -0.2) is 4.98 Å². The Morgan fingerprint density at radius 3 is 2.82 bits per heavy atom. The first kappa shape index (κ1) is 12.0. The molecule has 0 aliphatic rings. The quantitative estimate of drug-likeness (QED) is 0.844. The molecule has 0 amide bonds. The highest BCUT2D eigenvalue weighted by molar-refractivity contribution is 7.80. The van der Waals surface area contributed by atoms with Gasteiger partial charge in [-0.3, -0.25) is 0 Å². The summed E-state index contributed by atoms with van der Waals surface area (Å²) >= 11 is 6.72. The zero-order chi connectivity index (χ0) is 12.5. The van der Waals surface area contributed by atoms with Crippen LogP contribution in [-0.2, 0) is 5.41 Å². The largest absolute Gasteiger partial charge is 0.381 e. The second-order valence-corrected chi connectivity index (χ2v) is 5.24. The molecule has 1 aromatic heterocycles. The van der Waals surface area contributed by atoms with E-state index in [-0.39, 0.29) is 0 Å². The Labute approximate surface area is 109 Å². The smallest absolute Gasteiger partial charge is 0.156 e. The fourth-order valence-corrected chi connectivity index (χ4v) is 2.81. The molecule has 0 saturated carbocycles. The Morgan fingerprint density at radius 2 is 2.24 bits per heavy atom. The Morgan fingerprint density at radius 1 is 1.53 bits per heavy atom. The van der Waals surface area contributed by atoms with E-state index < -0.39 is 5.41 Å². The fraction of sp³-hybridized carbons (Fsp3) is 0.250. The van der Waals surface area contributed by atoms with Gasteiger partial charge in [0.2, 0.25) is 0 Å². The van der Waals surface area contributed by atoms with Crippen LogP contribution in [0, 0.1) is 11.3 Å². The van der Waals surface area contributed by atoms with Crippen molar-refractivity contribution in [2.45, 2.75) is 12.3 Å². The number of thiocarbonyl (C=S) groups is 1. The van der Waals surface area contributed by atoms with Gasteiger partial charge in [-0.2, -0.15) is 5.26 Å². The average Bonchev–Trinajstić information content (AvgIpc) is 2.80. The predicted octanol–water partition coefficient (Wildman–Crippen LogP) is 2.62. The number of para-hydroxylation sites is 1. The minimum atomic E-state index is -0.853. The lowest BCUT2D eigenvalue weighted by Gasteiger charge is -2.19. The standard InChI is InChI=1S/C12H11N3S2/c1-12(7-13,10(16)14-2)11-15-8-5-3-4-6-9(8)17-11/h3-6H,1-2H3,(H,14,16). The maximum atomic E-state index is 9.35. The van der Waals surface area contributed by atoms with Crippen molar-refractivity contribution < 1.29 is 0 Å². The predicted molar refractivity (Wildman–Crippen MR) is 74.2 cm³/mol. The fourth-order valence-electron chi connectivity index (χ4n) is 1.53. The summed E-state index contributed by atoms with van der Waals surface area (Å²) in [7, 11) is 1.73. The highest BCUT2D eigenvalue weighted by Gasteiger charge is 2.34. The molecule has 86 valence electrons. The third kappa shape index (κ3) is 1.90. The van der Waals surface area contributed by atoms with E-state index in [1.165, 1.54) is 11.3 Å². The molecular formula is C12H11N3S2. The number of hydrogen-bond acceptors (Lipinski definition) is 4. The Balaban J connectivity index is 2.59. The molecule has 1 aromatic carbocycles. The van der Waals surface area contributed by atoms with E-state index in [9.17, 15) is 5.26 Å². The van der Waals surface area contributed by atoms with E-state index in [4.69, 9.17) is 12.2 Å². The summed E-state index contributed by atoms with van der Waals surface area (Å²) in [5, 5.41) is 13.0. The van der Waals surface area contributed by atoms with E-state index in [1.807, 2.05) is 24.3 Å². The number of benzene rings is 1. The Bertz CT molecular complexity index is 578. The molecule has 0 fully saturated rings. The van der Waals surface area contributed by atoms with Gasteiger partial charge in [0.25, 0.3) is 0 Å². The van der Waals surface area contributed by atoms with E-state index in [0.717, 1.165) is 15.2 Å². The third-order valence-corrected chi connectivity index (χ3v) is 4.50. The van der Waals surface area contributed by atoms with Crippen molar-refractivity contribution in [3.8, 4) is 6.07 Å². The Hall–Kier alpha value is -1.51. The molecule has 1 N–H and O–H groups in total. The summed E-state index contributed by atoms with van der Waals surface area (Å²) < 4.78 is 1.07. The summed E-state index contributed by atoms with van der Waals surface area (Å²) in [6, 6.07) is 10.1. The van der Waals surface area contributed by atoms with Gasteiger partial charge >= 0.3 is 0 Å². The molecule has 0 aliphatic carbocycles. The number of nitriles is 1. The number of nitrogens with zero attached hydrogens (tertiary/aromatic N) is 2. The van der Waals surface area contributed by atoms with Gasteiger partial charge in [-0.15, -0.1) is 11.3 Å². The van der Waals surface area contributed by atoms with Crippen LogP contribution in [0.5, 0.6) is 0 Å². The normalized spacial score (nSPS) is 13.9. The minimum Gasteiger partial charge on any atom is -0.381 e. The molecule has 1 atom stereocenters. The molecule has 3 nitrogen and oxygen atoms in total. The molecule has 1 heterocycles. The number of fused-ring (bicyclic) bond motifs is 1. The number of rotatable bonds is 2. The molecule has 2 aromatic rings. The van der Waals surface area contributed by atoms with Gasteiger partial charge in [-0.05, 0) is 19.1 Å². The van der Waals surface area contributed by atoms with Crippen LogP contribution in [0.25, 0.3) is 10.2 Å². The van der Waals surface area contributed by atoms with Crippen molar-refractivity contribution in [1.82, 2.24) is 10.3 Å². The van der Waals surface area contributed by atoms with Crippen molar-refractivity contribution in [3.63, 3.8) is 0 Å². The monoisotopic (exact) mass is 261 g/mol. The van der Waals surface area contributed by atoms with Crippen LogP contribution < -0.4 is 5.32 Å². The maximum absolute atomic E-state index is 9.35. The summed E-state index contributed by atoms with van der Waals surface area (Å²) in [6.45, 7) is 1.80. The highest BCUT2D eigenvalue weighted by atomic mass is 32.1. The molecule has 2 rings (SSSR count). The van der Waals surface area contributed by atoms with Gasteiger partial charge in [0, 0.05) is 7.05 Å². The van der Waals surface area contributed by atoms with Gasteiger partial charge < -0.3 is 5.32 Å². The van der Waals surface area contributed by atoms with Crippen LogP contribution in [0.4, 0.5) is 0 Å². The molecule has 0 aliphatic heterocycles. The number of nitrogens with one attached hydrogen (secondary N) is 1. The van der Waals surface area contributed by atoms with Crippen molar-refractivity contribution >= 4 is 38.8 Å². The van der Waals surface area contributed by atoms with Crippen molar-refractivity contribution in [1.29, 1.82) is 5.26 Å². The first-order valence-electron chi connectivity index (χ1n) is 5.11. The van der Waals surface area contributed by atoms with E-state index in [1.54, 1.807) is 14.0 Å². The van der Waals surface area contributed by atoms with Crippen LogP contribution in [0.15, 0.2) is 24.3 Å². The first-order valence-corrected chi connectivity index (χ1v) is 6.34. The number of aromatic nitrogens is 1. The van der Waals surface area contributed by atoms with E-state index in [0.29, 0.717) is 4.99 Å². The zero-order valence-electron chi connectivity index (χ0n) is 9.52. The number of hydrogen-bond donors (Lipinski definition) is 1. The first-order chi connectivity index (χ1) is 8.11. The van der Waals surface area contributed by atoms with Crippen LogP contribution in [-0.4, -0.2) is 17.0 Å². The van der Waals surface area contributed by atoms with Crippen LogP contribution in [0.1, 0.15) is 11.9 Å². The van der Waals surface area contributed by atoms with E-state index in [2.05, 4.69) is 16.4 Å².